The van der Waals surface area contributed by atoms with Gasteiger partial charge in [0.2, 0.25) is 5.91 Å². The molecule has 30 heavy (non-hydrogen) atoms. The number of rotatable bonds is 5. The zero-order valence-corrected chi connectivity index (χ0v) is 17.9. The van der Waals surface area contributed by atoms with E-state index < -0.39 is 17.6 Å². The number of benzene rings is 2. The second-order valence-electron chi connectivity index (χ2n) is 7.91. The van der Waals surface area contributed by atoms with Crippen LogP contribution in [0.1, 0.15) is 32.3 Å². The van der Waals surface area contributed by atoms with Crippen molar-refractivity contribution in [2.75, 3.05) is 11.9 Å². The third-order valence-electron chi connectivity index (χ3n) is 4.35. The molecule has 2 aromatic carbocycles. The van der Waals surface area contributed by atoms with Gasteiger partial charge in [0, 0.05) is 35.0 Å². The van der Waals surface area contributed by atoms with Crippen molar-refractivity contribution in [1.82, 2.24) is 10.3 Å². The van der Waals surface area contributed by atoms with Crippen LogP contribution in [0.5, 0.6) is 0 Å². The normalized spacial score (nSPS) is 12.3. The molecular weight excluding hydrogens is 402 g/mol. The molecule has 0 aliphatic heterocycles. The number of hydrogen-bond donors (Lipinski definition) is 2. The van der Waals surface area contributed by atoms with Gasteiger partial charge in [-0.3, -0.25) is 9.78 Å². The molecule has 3 aromatic rings. The molecule has 0 aliphatic rings. The molecule has 0 radical (unpaired) electrons. The van der Waals surface area contributed by atoms with E-state index in [-0.39, 0.29) is 12.5 Å². The van der Waals surface area contributed by atoms with Crippen LogP contribution in [0, 0.1) is 0 Å². The van der Waals surface area contributed by atoms with Crippen molar-refractivity contribution >= 4 is 40.1 Å². The van der Waals surface area contributed by atoms with E-state index in [0.717, 1.165) is 16.3 Å². The van der Waals surface area contributed by atoms with Crippen LogP contribution in [0.15, 0.2) is 60.9 Å². The standard InChI is InChI=1S/C23H24ClN3O3/c1-23(2,3)30-22(29)26-14-20(15-4-7-18(24)8-5-15)21(28)27-19-9-6-17-13-25-11-10-16(17)12-19/h4-13,20H,14H2,1-3H3,(H,26,29)(H,27,28)/t20-/m1/s1. The quantitative estimate of drug-likeness (QED) is 0.593. The van der Waals surface area contributed by atoms with Crippen molar-refractivity contribution in [3.05, 3.63) is 71.5 Å². The van der Waals surface area contributed by atoms with Gasteiger partial charge in [-0.05, 0) is 62.1 Å². The maximum atomic E-state index is 13.1. The smallest absolute Gasteiger partial charge is 0.407 e. The van der Waals surface area contributed by atoms with E-state index in [2.05, 4.69) is 15.6 Å². The van der Waals surface area contributed by atoms with Crippen molar-refractivity contribution in [2.24, 2.45) is 0 Å². The lowest BCUT2D eigenvalue weighted by molar-refractivity contribution is -0.117. The summed E-state index contributed by atoms with van der Waals surface area (Å²) in [7, 11) is 0. The largest absolute Gasteiger partial charge is 0.444 e. The number of hydrogen-bond acceptors (Lipinski definition) is 4. The Kier molecular flexibility index (Phi) is 6.57. The SMILES string of the molecule is CC(C)(C)OC(=O)NC[C@@H](C(=O)Nc1ccc2cnccc2c1)c1ccc(Cl)cc1. The fourth-order valence-corrected chi connectivity index (χ4v) is 3.07. The topological polar surface area (TPSA) is 80.3 Å². The molecule has 3 rings (SSSR count). The number of carbonyl (C=O) groups is 2. The van der Waals surface area contributed by atoms with Gasteiger partial charge in [-0.2, -0.15) is 0 Å². The molecule has 1 aromatic heterocycles. The van der Waals surface area contributed by atoms with Crippen LogP contribution < -0.4 is 10.6 Å². The summed E-state index contributed by atoms with van der Waals surface area (Å²) in [6.45, 7) is 5.43. The zero-order valence-electron chi connectivity index (χ0n) is 17.1. The first-order chi connectivity index (χ1) is 14.2. The Bertz CT molecular complexity index is 1050. The lowest BCUT2D eigenvalue weighted by Crippen LogP contribution is -2.37. The monoisotopic (exact) mass is 425 g/mol. The summed E-state index contributed by atoms with van der Waals surface area (Å²) < 4.78 is 5.28. The van der Waals surface area contributed by atoms with E-state index in [4.69, 9.17) is 16.3 Å². The molecule has 1 heterocycles. The molecule has 156 valence electrons. The Hall–Kier alpha value is -3.12. The van der Waals surface area contributed by atoms with E-state index in [0.29, 0.717) is 10.7 Å². The van der Waals surface area contributed by atoms with E-state index in [9.17, 15) is 9.59 Å². The number of nitrogens with one attached hydrogen (secondary N) is 2. The summed E-state index contributed by atoms with van der Waals surface area (Å²) in [6, 6.07) is 14.5. The predicted molar refractivity (Wildman–Crippen MR) is 119 cm³/mol. The van der Waals surface area contributed by atoms with E-state index in [1.54, 1.807) is 57.4 Å². The summed E-state index contributed by atoms with van der Waals surface area (Å²) in [6.07, 6.45) is 2.89. The fourth-order valence-electron chi connectivity index (χ4n) is 2.95. The van der Waals surface area contributed by atoms with Crippen LogP contribution >= 0.6 is 11.6 Å². The molecule has 2 amide bonds. The predicted octanol–water partition coefficient (Wildman–Crippen LogP) is 5.14. The highest BCUT2D eigenvalue weighted by Gasteiger charge is 2.23. The van der Waals surface area contributed by atoms with Gasteiger partial charge in [0.25, 0.3) is 0 Å². The average Bonchev–Trinajstić information content (AvgIpc) is 2.68. The number of pyridine rings is 1. The minimum atomic E-state index is -0.623. The zero-order chi connectivity index (χ0) is 21.7. The van der Waals surface area contributed by atoms with Gasteiger partial charge in [0.1, 0.15) is 5.60 Å². The second kappa shape index (κ2) is 9.13. The van der Waals surface area contributed by atoms with Crippen molar-refractivity contribution in [2.45, 2.75) is 32.3 Å². The molecule has 1 atom stereocenters. The van der Waals surface area contributed by atoms with Crippen LogP contribution in [-0.4, -0.2) is 29.1 Å². The Morgan fingerprint density at radius 1 is 1.07 bits per heavy atom. The third kappa shape index (κ3) is 5.94. The number of anilines is 1. The molecule has 0 bridgehead atoms. The van der Waals surface area contributed by atoms with Crippen molar-refractivity contribution in [1.29, 1.82) is 0 Å². The van der Waals surface area contributed by atoms with E-state index in [1.807, 2.05) is 24.3 Å². The van der Waals surface area contributed by atoms with Gasteiger partial charge in [-0.1, -0.05) is 29.8 Å². The Morgan fingerprint density at radius 2 is 1.80 bits per heavy atom. The second-order valence-corrected chi connectivity index (χ2v) is 8.35. The highest BCUT2D eigenvalue weighted by molar-refractivity contribution is 6.30. The number of nitrogens with zero attached hydrogens (tertiary/aromatic N) is 1. The molecular formula is C23H24ClN3O3. The van der Waals surface area contributed by atoms with Gasteiger partial charge in [-0.25, -0.2) is 4.79 Å². The van der Waals surface area contributed by atoms with Crippen LogP contribution in [0.4, 0.5) is 10.5 Å². The molecule has 0 aliphatic carbocycles. The molecule has 0 saturated heterocycles. The minimum absolute atomic E-state index is 0.0832. The first-order valence-electron chi connectivity index (χ1n) is 9.58. The minimum Gasteiger partial charge on any atom is -0.444 e. The summed E-state index contributed by atoms with van der Waals surface area (Å²) in [4.78, 5) is 29.3. The van der Waals surface area contributed by atoms with Gasteiger partial charge in [0.05, 0.1) is 5.92 Å². The van der Waals surface area contributed by atoms with Crippen LogP contribution in [0.25, 0.3) is 10.8 Å². The molecule has 2 N–H and O–H groups in total. The molecule has 0 spiro atoms. The number of amides is 2. The van der Waals surface area contributed by atoms with Gasteiger partial charge >= 0.3 is 6.09 Å². The van der Waals surface area contributed by atoms with Crippen LogP contribution in [0.2, 0.25) is 5.02 Å². The molecule has 0 unspecified atom stereocenters. The molecule has 0 saturated carbocycles. The number of halogens is 1. The first kappa shape index (κ1) is 21.6. The Labute approximate surface area is 180 Å². The van der Waals surface area contributed by atoms with E-state index >= 15 is 0 Å². The van der Waals surface area contributed by atoms with Crippen molar-refractivity contribution in [3.63, 3.8) is 0 Å². The average molecular weight is 426 g/mol. The van der Waals surface area contributed by atoms with Crippen LogP contribution in [-0.2, 0) is 9.53 Å². The lowest BCUT2D eigenvalue weighted by Gasteiger charge is -2.22. The lowest BCUT2D eigenvalue weighted by atomic mass is 9.98. The third-order valence-corrected chi connectivity index (χ3v) is 4.60. The number of ether oxygens (including phenoxy) is 1. The molecule has 7 heteroatoms. The highest BCUT2D eigenvalue weighted by atomic mass is 35.5. The van der Waals surface area contributed by atoms with Gasteiger partial charge in [-0.15, -0.1) is 0 Å². The van der Waals surface area contributed by atoms with Gasteiger partial charge in [0.15, 0.2) is 0 Å². The van der Waals surface area contributed by atoms with Crippen molar-refractivity contribution < 1.29 is 14.3 Å². The highest BCUT2D eigenvalue weighted by Crippen LogP contribution is 2.23. The Balaban J connectivity index is 1.78. The summed E-state index contributed by atoms with van der Waals surface area (Å²) in [5, 5.41) is 8.14. The van der Waals surface area contributed by atoms with E-state index in [1.165, 1.54) is 0 Å². The first-order valence-corrected chi connectivity index (χ1v) is 9.96. The number of aromatic nitrogens is 1. The summed E-state index contributed by atoms with van der Waals surface area (Å²) in [5.41, 5.74) is 0.773. The number of carbonyl (C=O) groups excluding carboxylic acids is 2. The maximum absolute atomic E-state index is 13.1. The van der Waals surface area contributed by atoms with Crippen molar-refractivity contribution in [3.8, 4) is 0 Å². The summed E-state index contributed by atoms with van der Waals surface area (Å²) >= 11 is 5.99. The molecule has 0 fully saturated rings. The Morgan fingerprint density at radius 3 is 2.50 bits per heavy atom. The number of alkyl carbamates (subject to hydrolysis) is 1. The summed E-state index contributed by atoms with van der Waals surface area (Å²) in [5.74, 6) is -0.871. The maximum Gasteiger partial charge on any atom is 0.407 e. The molecule has 6 nitrogen and oxygen atoms in total. The fraction of sp³-hybridized carbons (Fsp3) is 0.261. The van der Waals surface area contributed by atoms with Crippen LogP contribution in [0.3, 0.4) is 0 Å². The van der Waals surface area contributed by atoms with Gasteiger partial charge < -0.3 is 15.4 Å². The number of fused-ring (bicyclic) bond motifs is 1.